The highest BCUT2D eigenvalue weighted by molar-refractivity contribution is 6.30. The summed E-state index contributed by atoms with van der Waals surface area (Å²) in [5.41, 5.74) is 1.88. The number of fused-ring (bicyclic) bond motifs is 1. The number of nitrogens with zero attached hydrogens (tertiary/aromatic N) is 7. The lowest BCUT2D eigenvalue weighted by Gasteiger charge is -2.17. The fraction of sp³-hybridized carbons (Fsp3) is 0.333. The molecule has 0 aliphatic carbocycles. The van der Waals surface area contributed by atoms with E-state index in [0.717, 1.165) is 5.69 Å². The van der Waals surface area contributed by atoms with Gasteiger partial charge in [0.1, 0.15) is 12.2 Å². The smallest absolute Gasteiger partial charge is 0.251 e. The van der Waals surface area contributed by atoms with Gasteiger partial charge in [-0.1, -0.05) is 11.6 Å². The predicted molar refractivity (Wildman–Crippen MR) is 124 cm³/mol. The molecule has 1 saturated heterocycles. The van der Waals surface area contributed by atoms with Crippen molar-refractivity contribution in [1.82, 2.24) is 39.4 Å². The Morgan fingerprint density at radius 3 is 2.83 bits per heavy atom. The number of pyridine rings is 1. The number of ether oxygens (including phenoxy) is 1. The van der Waals surface area contributed by atoms with E-state index in [0.29, 0.717) is 28.5 Å². The quantitative estimate of drug-likeness (QED) is 0.287. The zero-order valence-corrected chi connectivity index (χ0v) is 19.0. The standard InChI is InChI=1S/C21H22ClN9O4/c1-23-20(34)16-14(32)15(33)21(35-16)31-9-27-13-18(26-7-12-6-25-8-30(12)2)28-17(29-19(13)31)10-3-11(22)5-24-4-10/h3-6,8-9,14-16,21,32-33H,7H2,1-2H3,(H,23,34)(H,26,28,29)/t14-,15+,16-,21+/m0/s1/i1D3. The highest BCUT2D eigenvalue weighted by atomic mass is 35.5. The van der Waals surface area contributed by atoms with Gasteiger partial charge >= 0.3 is 0 Å². The van der Waals surface area contributed by atoms with Crippen molar-refractivity contribution >= 4 is 34.5 Å². The average Bonchev–Trinajstić information content (AvgIpc) is 3.54. The van der Waals surface area contributed by atoms with Gasteiger partial charge < -0.3 is 30.2 Å². The maximum Gasteiger partial charge on any atom is 0.251 e. The van der Waals surface area contributed by atoms with Gasteiger partial charge in [0.2, 0.25) is 0 Å². The monoisotopic (exact) mass is 502 g/mol. The highest BCUT2D eigenvalue weighted by Gasteiger charge is 2.47. The number of halogens is 1. The van der Waals surface area contributed by atoms with Crippen molar-refractivity contribution in [3.63, 3.8) is 0 Å². The summed E-state index contributed by atoms with van der Waals surface area (Å²) in [6, 6.07) is 1.63. The number of anilines is 1. The molecule has 35 heavy (non-hydrogen) atoms. The summed E-state index contributed by atoms with van der Waals surface area (Å²) in [6.45, 7) is -2.45. The Kier molecular flexibility index (Phi) is 5.15. The third-order valence-electron chi connectivity index (χ3n) is 5.63. The summed E-state index contributed by atoms with van der Waals surface area (Å²) in [5.74, 6) is -0.525. The normalized spacial score (nSPS) is 23.6. The number of imidazole rings is 2. The zero-order chi connectivity index (χ0) is 27.2. The average molecular weight is 503 g/mol. The molecule has 5 heterocycles. The molecule has 14 heteroatoms. The van der Waals surface area contributed by atoms with Crippen LogP contribution in [0.3, 0.4) is 0 Å². The van der Waals surface area contributed by atoms with Crippen LogP contribution in [0.15, 0.2) is 37.3 Å². The van der Waals surface area contributed by atoms with Gasteiger partial charge in [0.05, 0.1) is 29.9 Å². The molecule has 182 valence electrons. The highest BCUT2D eigenvalue weighted by Crippen LogP contribution is 2.33. The molecule has 1 fully saturated rings. The van der Waals surface area contributed by atoms with Crippen LogP contribution in [0.25, 0.3) is 22.6 Å². The molecule has 0 aromatic carbocycles. The Bertz CT molecular complexity index is 1490. The summed E-state index contributed by atoms with van der Waals surface area (Å²) in [5, 5.41) is 26.5. The number of aryl methyl sites for hydroxylation is 1. The minimum Gasteiger partial charge on any atom is -0.387 e. The van der Waals surface area contributed by atoms with E-state index < -0.39 is 37.4 Å². The van der Waals surface area contributed by atoms with Crippen LogP contribution >= 0.6 is 11.6 Å². The lowest BCUT2D eigenvalue weighted by molar-refractivity contribution is -0.137. The van der Waals surface area contributed by atoms with E-state index in [-0.39, 0.29) is 11.5 Å². The number of carbonyl (C=O) groups is 1. The third-order valence-corrected chi connectivity index (χ3v) is 5.84. The molecule has 0 bridgehead atoms. The number of rotatable bonds is 6. The number of nitrogens with one attached hydrogen (secondary N) is 2. The van der Waals surface area contributed by atoms with E-state index in [1.54, 1.807) is 23.9 Å². The molecule has 1 aliphatic heterocycles. The Hall–Kier alpha value is -3.65. The van der Waals surface area contributed by atoms with Crippen molar-refractivity contribution in [2.24, 2.45) is 7.05 Å². The molecule has 0 saturated carbocycles. The number of aliphatic hydroxyl groups excluding tert-OH is 2. The number of likely N-dealkylation sites (N-methyl/N-ethyl adjacent to an activating group) is 1. The van der Waals surface area contributed by atoms with Gasteiger partial charge in [0.15, 0.2) is 35.1 Å². The first kappa shape index (κ1) is 19.6. The molecule has 0 radical (unpaired) electrons. The fourth-order valence-electron chi connectivity index (χ4n) is 3.80. The van der Waals surface area contributed by atoms with Crippen molar-refractivity contribution < 1.29 is 23.9 Å². The van der Waals surface area contributed by atoms with Crippen LogP contribution in [0.4, 0.5) is 5.82 Å². The first-order valence-electron chi connectivity index (χ1n) is 11.9. The van der Waals surface area contributed by atoms with Gasteiger partial charge in [-0.05, 0) is 6.07 Å². The Morgan fingerprint density at radius 2 is 2.09 bits per heavy atom. The number of amides is 1. The summed E-state index contributed by atoms with van der Waals surface area (Å²) < 4.78 is 30.5. The van der Waals surface area contributed by atoms with Gasteiger partial charge in [-0.3, -0.25) is 14.3 Å². The van der Waals surface area contributed by atoms with Crippen LogP contribution in [-0.4, -0.2) is 75.5 Å². The molecule has 4 aromatic heterocycles. The molecule has 1 aliphatic rings. The van der Waals surface area contributed by atoms with E-state index in [9.17, 15) is 15.0 Å². The van der Waals surface area contributed by atoms with Crippen LogP contribution in [0.5, 0.6) is 0 Å². The number of hydrogen-bond donors (Lipinski definition) is 4. The minimum absolute atomic E-state index is 0.204. The molecule has 5 rings (SSSR count). The van der Waals surface area contributed by atoms with Gasteiger partial charge in [-0.2, -0.15) is 0 Å². The maximum absolute atomic E-state index is 12.4. The molecular formula is C21H22ClN9O4. The van der Waals surface area contributed by atoms with Crippen LogP contribution < -0.4 is 10.6 Å². The lowest BCUT2D eigenvalue weighted by atomic mass is 10.1. The molecule has 4 N–H and O–H groups in total. The zero-order valence-electron chi connectivity index (χ0n) is 21.2. The number of aromatic nitrogens is 7. The van der Waals surface area contributed by atoms with Crippen molar-refractivity contribution in [3.05, 3.63) is 48.0 Å². The van der Waals surface area contributed by atoms with Crippen molar-refractivity contribution in [2.75, 3.05) is 12.3 Å². The molecule has 0 unspecified atom stereocenters. The molecule has 13 nitrogen and oxygen atoms in total. The van der Waals surface area contributed by atoms with E-state index in [1.807, 2.05) is 11.6 Å². The van der Waals surface area contributed by atoms with Gasteiger partial charge in [-0.25, -0.2) is 19.9 Å². The van der Waals surface area contributed by atoms with Crippen molar-refractivity contribution in [1.29, 1.82) is 0 Å². The van der Waals surface area contributed by atoms with E-state index in [1.165, 1.54) is 23.3 Å². The molecule has 0 spiro atoms. The predicted octanol–water partition coefficient (Wildman–Crippen LogP) is 0.252. The number of hydrogen-bond acceptors (Lipinski definition) is 10. The first-order chi connectivity index (χ1) is 18.0. The Labute approximate surface area is 208 Å². The second-order valence-electron chi connectivity index (χ2n) is 7.88. The van der Waals surface area contributed by atoms with E-state index in [4.69, 9.17) is 20.5 Å². The summed E-state index contributed by atoms with van der Waals surface area (Å²) >= 11 is 6.12. The third kappa shape index (κ3) is 4.18. The minimum atomic E-state index is -2.80. The molecule has 4 atom stereocenters. The second-order valence-corrected chi connectivity index (χ2v) is 8.32. The lowest BCUT2D eigenvalue weighted by Crippen LogP contribution is -2.41. The van der Waals surface area contributed by atoms with Gasteiger partial charge in [0.25, 0.3) is 5.91 Å². The SMILES string of the molecule is [2H]C([2H])([2H])NC(=O)[C@H]1O[C@@H](n2cnc3c(NCc4cncn4C)nc(-c4cncc(Cl)c4)nc32)[C@H](O)[C@@H]1O. The second kappa shape index (κ2) is 9.19. The Morgan fingerprint density at radius 1 is 1.23 bits per heavy atom. The fourth-order valence-corrected chi connectivity index (χ4v) is 3.97. The Balaban J connectivity index is 1.55. The number of carbonyl (C=O) groups excluding carboxylic acids is 1. The number of aliphatic hydroxyl groups is 2. The molecule has 1 amide bonds. The van der Waals surface area contributed by atoms with Crippen LogP contribution in [-0.2, 0) is 23.1 Å². The largest absolute Gasteiger partial charge is 0.387 e. The molecular weight excluding hydrogens is 478 g/mol. The summed E-state index contributed by atoms with van der Waals surface area (Å²) in [6.07, 6.45) is 1.40. The first-order valence-corrected chi connectivity index (χ1v) is 10.8. The summed E-state index contributed by atoms with van der Waals surface area (Å²) in [7, 11) is 1.85. The van der Waals surface area contributed by atoms with E-state index >= 15 is 0 Å². The van der Waals surface area contributed by atoms with Crippen molar-refractivity contribution in [3.8, 4) is 11.4 Å². The summed E-state index contributed by atoms with van der Waals surface area (Å²) in [4.78, 5) is 34.1. The van der Waals surface area contributed by atoms with Gasteiger partial charge in [-0.15, -0.1) is 0 Å². The maximum atomic E-state index is 12.4. The van der Waals surface area contributed by atoms with Crippen LogP contribution in [0.2, 0.25) is 5.02 Å². The topological polar surface area (TPSA) is 165 Å². The van der Waals surface area contributed by atoms with Crippen molar-refractivity contribution in [2.45, 2.75) is 31.1 Å². The van der Waals surface area contributed by atoms with Gasteiger partial charge in [0, 0.05) is 42.3 Å². The van der Waals surface area contributed by atoms with Crippen LogP contribution in [0, 0.1) is 0 Å². The molecule has 4 aromatic rings. The van der Waals surface area contributed by atoms with Crippen LogP contribution in [0.1, 0.15) is 16.0 Å². The van der Waals surface area contributed by atoms with E-state index in [2.05, 4.69) is 30.2 Å².